The third-order valence-electron chi connectivity index (χ3n) is 8.21. The lowest BCUT2D eigenvalue weighted by Crippen LogP contribution is -2.34. The number of aryl methyl sites for hydroxylation is 1. The zero-order valence-electron chi connectivity index (χ0n) is 25.2. The molecule has 43 heavy (non-hydrogen) atoms. The molecule has 2 aliphatic rings. The topological polar surface area (TPSA) is 196 Å². The molecule has 0 amide bonds. The number of hydrogen-bond acceptors (Lipinski definition) is 11. The number of hydrogen-bond donors (Lipinski definition) is 6. The molecule has 0 unspecified atom stereocenters. The predicted octanol–water partition coefficient (Wildman–Crippen LogP) is 2.30. The lowest BCUT2D eigenvalue weighted by molar-refractivity contribution is -0.117. The van der Waals surface area contributed by atoms with Crippen molar-refractivity contribution in [1.29, 1.82) is 0 Å². The van der Waals surface area contributed by atoms with Gasteiger partial charge in [-0.15, -0.1) is 5.10 Å². The van der Waals surface area contributed by atoms with Gasteiger partial charge in [0.05, 0.1) is 12.7 Å². The summed E-state index contributed by atoms with van der Waals surface area (Å²) >= 11 is 0. The Morgan fingerprint density at radius 2 is 1.81 bits per heavy atom. The largest absolute Gasteiger partial charge is 0.383 e. The number of piperidine rings is 1. The smallest absolute Gasteiger partial charge is 0.332 e. The number of rotatable bonds is 18. The Labute approximate surface area is 254 Å². The van der Waals surface area contributed by atoms with Crippen LogP contribution in [0.5, 0.6) is 0 Å². The van der Waals surface area contributed by atoms with E-state index in [1.165, 1.54) is 32.1 Å². The fourth-order valence-electron chi connectivity index (χ4n) is 5.83. The first-order valence-electron chi connectivity index (χ1n) is 15.8. The zero-order chi connectivity index (χ0) is 30.5. The minimum Gasteiger partial charge on any atom is -0.383 e. The van der Waals surface area contributed by atoms with Crippen LogP contribution in [-0.4, -0.2) is 85.5 Å². The molecule has 1 aliphatic heterocycles. The first kappa shape index (κ1) is 33.3. The second-order valence-corrected chi connectivity index (χ2v) is 13.5. The number of ketones is 1. The normalized spacial score (nSPS) is 16.9. The highest BCUT2D eigenvalue weighted by Crippen LogP contribution is 2.35. The molecule has 7 N–H and O–H groups in total. The monoisotopic (exact) mass is 620 g/mol. The summed E-state index contributed by atoms with van der Waals surface area (Å²) in [6.45, 7) is 5.80. The van der Waals surface area contributed by atoms with Gasteiger partial charge in [-0.05, 0) is 70.5 Å². The molecule has 3 heterocycles. The Balaban J connectivity index is 1.11. The van der Waals surface area contributed by atoms with Crippen molar-refractivity contribution in [3.8, 4) is 0 Å². The summed E-state index contributed by atoms with van der Waals surface area (Å²) in [5.41, 5.74) is 6.87. The maximum absolute atomic E-state index is 11.8. The van der Waals surface area contributed by atoms with Gasteiger partial charge in [-0.2, -0.15) is 9.97 Å². The van der Waals surface area contributed by atoms with Gasteiger partial charge in [0.2, 0.25) is 5.95 Å². The minimum atomic E-state index is -4.29. The molecule has 0 spiro atoms. The Hall–Kier alpha value is -2.64. The summed E-state index contributed by atoms with van der Waals surface area (Å²) in [4.78, 5) is 40.9. The summed E-state index contributed by atoms with van der Waals surface area (Å²) in [6, 6.07) is 2.48. The van der Waals surface area contributed by atoms with Gasteiger partial charge in [0, 0.05) is 38.2 Å². The molecule has 15 heteroatoms. The number of carbonyl (C=O) groups is 1. The van der Waals surface area contributed by atoms with Crippen LogP contribution in [0.25, 0.3) is 0 Å². The molecule has 0 bridgehead atoms. The van der Waals surface area contributed by atoms with Crippen LogP contribution >= 0.6 is 7.60 Å². The maximum Gasteiger partial charge on any atom is 0.332 e. The van der Waals surface area contributed by atoms with Crippen molar-refractivity contribution >= 4 is 31.0 Å². The molecule has 1 saturated carbocycles. The third-order valence-corrected chi connectivity index (χ3v) is 8.97. The highest BCUT2D eigenvalue weighted by atomic mass is 31.2. The van der Waals surface area contributed by atoms with Crippen LogP contribution in [0.15, 0.2) is 12.3 Å². The van der Waals surface area contributed by atoms with E-state index in [0.717, 1.165) is 82.5 Å². The molecule has 2 aromatic heterocycles. The third kappa shape index (κ3) is 12.5. The van der Waals surface area contributed by atoms with E-state index in [-0.39, 0.29) is 12.2 Å². The number of nitrogens with one attached hydrogen (secondary N) is 3. The Morgan fingerprint density at radius 3 is 2.58 bits per heavy atom. The lowest BCUT2D eigenvalue weighted by atomic mass is 9.91. The standard InChI is InChI=1S/C28H49N10O4P/c29-26-18-27(37-16-10-22(11-17-37)8-9-25(39)21-43(40,41)42)34-28(33-26)32-19-24-20-38(36-35-24)15-5-13-30-12-4-14-31-23-6-2-1-3-7-23/h18,20,22-23,30-31H,1-17,19,21H2,(H2,40,41,42)(H3,29,32,33,34). The van der Waals surface area contributed by atoms with Crippen molar-refractivity contribution in [3.63, 3.8) is 0 Å². The summed E-state index contributed by atoms with van der Waals surface area (Å²) in [7, 11) is -4.29. The van der Waals surface area contributed by atoms with Gasteiger partial charge in [0.15, 0.2) is 0 Å². The summed E-state index contributed by atoms with van der Waals surface area (Å²) in [5, 5.41) is 18.9. The molecule has 2 fully saturated rings. The van der Waals surface area contributed by atoms with Gasteiger partial charge in [-0.25, -0.2) is 0 Å². The van der Waals surface area contributed by atoms with E-state index in [4.69, 9.17) is 15.5 Å². The van der Waals surface area contributed by atoms with Gasteiger partial charge in [0.1, 0.15) is 29.3 Å². The maximum atomic E-state index is 11.8. The first-order chi connectivity index (χ1) is 20.7. The number of Topliss-reactive ketones (excluding diaryl/α,β-unsaturated/α-hetero) is 1. The van der Waals surface area contributed by atoms with Crippen molar-refractivity contribution in [3.05, 3.63) is 18.0 Å². The summed E-state index contributed by atoms with van der Waals surface area (Å²) in [6.07, 6.45) is 12.8. The van der Waals surface area contributed by atoms with E-state index in [1.807, 2.05) is 10.9 Å². The molecule has 0 aromatic carbocycles. The second kappa shape index (κ2) is 17.0. The quantitative estimate of drug-likeness (QED) is 0.105. The Morgan fingerprint density at radius 1 is 1.05 bits per heavy atom. The molecule has 1 aliphatic carbocycles. The highest BCUT2D eigenvalue weighted by Gasteiger charge is 2.24. The fourth-order valence-corrected chi connectivity index (χ4v) is 6.45. The van der Waals surface area contributed by atoms with Gasteiger partial charge >= 0.3 is 7.60 Å². The molecular formula is C28H49N10O4P. The van der Waals surface area contributed by atoms with E-state index >= 15 is 0 Å². The van der Waals surface area contributed by atoms with Gasteiger partial charge in [-0.1, -0.05) is 24.5 Å². The molecule has 1 saturated heterocycles. The van der Waals surface area contributed by atoms with E-state index in [9.17, 15) is 9.36 Å². The van der Waals surface area contributed by atoms with Crippen LogP contribution in [0.4, 0.5) is 17.6 Å². The Kier molecular flexibility index (Phi) is 13.2. The van der Waals surface area contributed by atoms with E-state index in [2.05, 4.69) is 41.1 Å². The average molecular weight is 621 g/mol. The van der Waals surface area contributed by atoms with Gasteiger partial charge in [0.25, 0.3) is 0 Å². The molecule has 14 nitrogen and oxygen atoms in total. The molecular weight excluding hydrogens is 571 g/mol. The number of nitrogens with zero attached hydrogens (tertiary/aromatic N) is 6. The van der Waals surface area contributed by atoms with Crippen LogP contribution in [0, 0.1) is 5.92 Å². The summed E-state index contributed by atoms with van der Waals surface area (Å²) < 4.78 is 12.9. The SMILES string of the molecule is Nc1cc(N2CCC(CCC(=O)CP(=O)(O)O)CC2)nc(NCc2cn(CCCNCCCNC3CCCCC3)nn2)n1. The molecule has 4 rings (SSSR count). The second-order valence-electron chi connectivity index (χ2n) is 11.9. The van der Waals surface area contributed by atoms with Crippen LogP contribution in [-0.2, 0) is 22.4 Å². The average Bonchev–Trinajstić information content (AvgIpc) is 3.44. The zero-order valence-corrected chi connectivity index (χ0v) is 26.1. The minimum absolute atomic E-state index is 0.198. The number of anilines is 3. The van der Waals surface area contributed by atoms with E-state index < -0.39 is 13.8 Å². The van der Waals surface area contributed by atoms with Gasteiger partial charge in [-0.3, -0.25) is 14.0 Å². The van der Waals surface area contributed by atoms with E-state index in [1.54, 1.807) is 6.07 Å². The van der Waals surface area contributed by atoms with Crippen molar-refractivity contribution in [2.75, 3.05) is 54.8 Å². The van der Waals surface area contributed by atoms with Crippen LogP contribution in [0.1, 0.15) is 76.3 Å². The van der Waals surface area contributed by atoms with Crippen LogP contribution < -0.4 is 26.6 Å². The van der Waals surface area contributed by atoms with Gasteiger partial charge < -0.3 is 36.4 Å². The molecule has 2 aromatic rings. The lowest BCUT2D eigenvalue weighted by Gasteiger charge is -2.33. The van der Waals surface area contributed by atoms with Crippen molar-refractivity contribution in [1.82, 2.24) is 35.6 Å². The van der Waals surface area contributed by atoms with Crippen LogP contribution in [0.2, 0.25) is 0 Å². The fraction of sp³-hybridized carbons (Fsp3) is 0.750. The Bertz CT molecular complexity index is 1180. The number of aromatic nitrogens is 5. The molecule has 240 valence electrons. The number of nitrogens with two attached hydrogens (primary N) is 1. The predicted molar refractivity (Wildman–Crippen MR) is 167 cm³/mol. The number of nitrogen functional groups attached to an aromatic ring is 1. The van der Waals surface area contributed by atoms with Crippen LogP contribution in [0.3, 0.4) is 0 Å². The first-order valence-corrected chi connectivity index (χ1v) is 17.6. The molecule has 0 atom stereocenters. The number of carbonyl (C=O) groups excluding carboxylic acids is 1. The van der Waals surface area contributed by atoms with E-state index in [0.29, 0.717) is 30.6 Å². The highest BCUT2D eigenvalue weighted by molar-refractivity contribution is 7.52. The van der Waals surface area contributed by atoms with Crippen molar-refractivity contribution in [2.45, 2.75) is 89.8 Å². The van der Waals surface area contributed by atoms with Crippen molar-refractivity contribution in [2.24, 2.45) is 5.92 Å². The molecule has 0 radical (unpaired) electrons. The van der Waals surface area contributed by atoms with Crippen molar-refractivity contribution < 1.29 is 19.1 Å². The summed E-state index contributed by atoms with van der Waals surface area (Å²) in [5.74, 6) is 1.50.